The number of nitrogens with one attached hydrogen (secondary N) is 3. The van der Waals surface area contributed by atoms with Gasteiger partial charge in [-0.2, -0.15) is 0 Å². The zero-order chi connectivity index (χ0) is 30.6. The van der Waals surface area contributed by atoms with E-state index in [4.69, 9.17) is 30.5 Å². The minimum Gasteiger partial charge on any atom is -0.462 e. The quantitative estimate of drug-likeness (QED) is 0.146. The highest BCUT2D eigenvalue weighted by Gasteiger charge is 2.61. The van der Waals surface area contributed by atoms with E-state index in [-0.39, 0.29) is 0 Å². The number of esters is 2. The second kappa shape index (κ2) is 13.7. The normalized spacial score (nSPS) is 24.9. The van der Waals surface area contributed by atoms with Crippen LogP contribution in [-0.4, -0.2) is 86.8 Å². The molecule has 0 aromatic carbocycles. The summed E-state index contributed by atoms with van der Waals surface area (Å²) in [5, 5.41) is 26.5. The number of carbonyl (C=O) groups is 2. The lowest BCUT2D eigenvalue weighted by Crippen LogP contribution is -2.53. The number of aliphatic hydroxyl groups is 2. The smallest absolute Gasteiger partial charge is 0.330 e. The van der Waals surface area contributed by atoms with Crippen molar-refractivity contribution in [3.05, 3.63) is 33.1 Å². The Labute approximate surface area is 233 Å². The van der Waals surface area contributed by atoms with Gasteiger partial charge in [0.25, 0.3) is 12.0 Å². The Bertz CT molecular complexity index is 1180. The molecule has 6 atom stereocenters. The lowest BCUT2D eigenvalue weighted by atomic mass is 9.96. The number of alkyl halides is 2. The van der Waals surface area contributed by atoms with Gasteiger partial charge in [-0.3, -0.25) is 23.9 Å². The second-order valence-electron chi connectivity index (χ2n) is 9.71. The van der Waals surface area contributed by atoms with Gasteiger partial charge < -0.3 is 28.9 Å². The molecule has 2 rings (SSSR count). The lowest BCUT2D eigenvalue weighted by molar-refractivity contribution is -0.191. The van der Waals surface area contributed by atoms with E-state index in [1.54, 1.807) is 27.7 Å². The monoisotopic (exact) mass is 616 g/mol. The van der Waals surface area contributed by atoms with Gasteiger partial charge in [-0.15, -0.1) is 0 Å². The Morgan fingerprint density at radius 3 is 2.02 bits per heavy atom. The molecule has 14 nitrogen and oxygen atoms in total. The van der Waals surface area contributed by atoms with Gasteiger partial charge in [-0.25, -0.2) is 23.7 Å². The fraction of sp³-hybridized carbons (Fsp3) is 0.727. The molecule has 0 aliphatic carbocycles. The van der Waals surface area contributed by atoms with Crippen molar-refractivity contribution < 1.29 is 47.3 Å². The van der Waals surface area contributed by atoms with E-state index >= 15 is 0 Å². The molecule has 0 radical (unpaired) electrons. The van der Waals surface area contributed by atoms with E-state index < -0.39 is 91.1 Å². The number of H-pyrrole nitrogens is 1. The molecule has 0 saturated carbocycles. The van der Waals surface area contributed by atoms with Crippen molar-refractivity contribution in [1.82, 2.24) is 19.7 Å². The van der Waals surface area contributed by atoms with Crippen LogP contribution in [0.25, 0.3) is 0 Å². The van der Waals surface area contributed by atoms with Gasteiger partial charge in [0.2, 0.25) is 0 Å². The van der Waals surface area contributed by atoms with Gasteiger partial charge in [-0.1, -0.05) is 0 Å². The van der Waals surface area contributed by atoms with Crippen molar-refractivity contribution >= 4 is 30.3 Å². The number of nitrogens with zero attached hydrogens (tertiary/aromatic N) is 1. The van der Waals surface area contributed by atoms with E-state index in [1.807, 2.05) is 4.98 Å². The fourth-order valence-corrected chi connectivity index (χ4v) is 6.55. The summed E-state index contributed by atoms with van der Waals surface area (Å²) in [4.78, 5) is 50.3. The number of aromatic nitrogens is 2. The topological polar surface area (TPSA) is 190 Å². The molecule has 18 heteroatoms. The molecule has 40 heavy (non-hydrogen) atoms. The summed E-state index contributed by atoms with van der Waals surface area (Å²) in [7, 11) is 0. The van der Waals surface area contributed by atoms with Gasteiger partial charge in [0.15, 0.2) is 18.4 Å². The molecule has 1 aliphatic rings. The Balaban J connectivity index is 2.39. The van der Waals surface area contributed by atoms with E-state index in [1.165, 1.54) is 13.8 Å². The van der Waals surface area contributed by atoms with Crippen LogP contribution in [0.4, 0.5) is 8.78 Å². The Morgan fingerprint density at radius 2 is 1.60 bits per heavy atom. The van der Waals surface area contributed by atoms with Crippen LogP contribution in [0, 0.1) is 0 Å². The number of carbonyl (C=O) groups excluding carboxylic acids is 2. The van der Waals surface area contributed by atoms with Crippen LogP contribution in [0.5, 0.6) is 0 Å². The molecule has 5 N–H and O–H groups in total. The second-order valence-corrected chi connectivity index (χ2v) is 13.1. The molecule has 0 bridgehead atoms. The molecule has 0 amide bonds. The van der Waals surface area contributed by atoms with Crippen LogP contribution in [0.15, 0.2) is 21.9 Å². The van der Waals surface area contributed by atoms with Crippen LogP contribution >= 0.6 is 6.57 Å². The van der Waals surface area contributed by atoms with Crippen molar-refractivity contribution in [2.45, 2.75) is 96.3 Å². The highest BCUT2D eigenvalue weighted by molar-refractivity contribution is 8.10. The van der Waals surface area contributed by atoms with Crippen LogP contribution in [-0.2, 0) is 40.1 Å². The van der Waals surface area contributed by atoms with Crippen molar-refractivity contribution in [3.63, 3.8) is 0 Å². The first-order chi connectivity index (χ1) is 18.4. The van der Waals surface area contributed by atoms with Crippen molar-refractivity contribution in [2.24, 2.45) is 0 Å². The molecule has 1 saturated heterocycles. The minimum atomic E-state index is -3.81. The molecule has 228 valence electrons. The van der Waals surface area contributed by atoms with E-state index in [9.17, 15) is 38.2 Å². The van der Waals surface area contributed by atoms with Crippen molar-refractivity contribution in [1.29, 1.82) is 0 Å². The molecule has 0 unspecified atom stereocenters. The van der Waals surface area contributed by atoms with Crippen molar-refractivity contribution in [3.8, 4) is 0 Å². The number of aliphatic hydroxyl groups excluding tert-OH is 2. The molecular formula is C22H35F2N4O10PS. The van der Waals surface area contributed by atoms with Gasteiger partial charge in [0.05, 0.1) is 18.8 Å². The summed E-state index contributed by atoms with van der Waals surface area (Å²) in [6.45, 7) is 4.23. The van der Waals surface area contributed by atoms with Crippen LogP contribution in [0.3, 0.4) is 0 Å². The molecule has 1 aliphatic heterocycles. The van der Waals surface area contributed by atoms with Gasteiger partial charge in [0, 0.05) is 12.3 Å². The zero-order valence-corrected chi connectivity index (χ0v) is 24.4. The molecule has 1 aromatic heterocycles. The number of rotatable bonds is 13. The predicted molar refractivity (Wildman–Crippen MR) is 140 cm³/mol. The number of halogens is 2. The summed E-state index contributed by atoms with van der Waals surface area (Å²) in [6.07, 6.45) is -9.75. The SMILES string of the molecule is CC(C)OC(=O)[C@H](C)NP(=S)(N[C@@H](C)C(=O)OC(C)C)OC[C@@]1(C(F)F)O[C@@H](n2ccc(=O)[nH]c2=O)[C@H](O)[C@H]1O. The lowest BCUT2D eigenvalue weighted by Gasteiger charge is -2.35. The maximum Gasteiger partial charge on any atom is 0.330 e. The third-order valence-electron chi connectivity index (χ3n) is 5.56. The van der Waals surface area contributed by atoms with E-state index in [0.717, 1.165) is 12.3 Å². The van der Waals surface area contributed by atoms with Gasteiger partial charge >= 0.3 is 17.6 Å². The molecular weight excluding hydrogens is 581 g/mol. The van der Waals surface area contributed by atoms with Crippen LogP contribution < -0.4 is 21.4 Å². The molecule has 1 aromatic rings. The average molecular weight is 617 g/mol. The maximum atomic E-state index is 14.5. The molecule has 2 heterocycles. The third kappa shape index (κ3) is 8.22. The standard InChI is InChI=1S/C22H35F2N4O10PS/c1-10(2)36-18(32)12(5)26-39(40,27-13(6)19(33)37-11(3)4)35-9-22(20(23)24)16(31)15(30)17(38-22)28-8-7-14(29)25-21(28)34/h7-8,10-13,15-17,20,30-31H,9H2,1-6H3,(H,25,29,34)(H2,26,27,40)/t12-,13-,15+,16+,17+,22+/m0/s1. The fourth-order valence-electron chi connectivity index (χ4n) is 3.61. The molecule has 0 spiro atoms. The first kappa shape index (κ1) is 34.1. The van der Waals surface area contributed by atoms with Gasteiger partial charge in [0.1, 0.15) is 24.3 Å². The first-order valence-electron chi connectivity index (χ1n) is 12.3. The maximum absolute atomic E-state index is 14.5. The van der Waals surface area contributed by atoms with Gasteiger partial charge in [-0.05, 0) is 53.3 Å². The number of hydrogen-bond donors (Lipinski definition) is 5. The largest absolute Gasteiger partial charge is 0.462 e. The average Bonchev–Trinajstić information content (AvgIpc) is 3.08. The van der Waals surface area contributed by atoms with E-state index in [0.29, 0.717) is 4.57 Å². The van der Waals surface area contributed by atoms with Crippen LogP contribution in [0.2, 0.25) is 0 Å². The summed E-state index contributed by atoms with van der Waals surface area (Å²) in [6, 6.07) is -1.38. The zero-order valence-electron chi connectivity index (χ0n) is 22.7. The number of aromatic amines is 1. The minimum absolute atomic E-state index is 0.484. The van der Waals surface area contributed by atoms with E-state index in [2.05, 4.69) is 10.2 Å². The Morgan fingerprint density at radius 1 is 1.10 bits per heavy atom. The highest BCUT2D eigenvalue weighted by atomic mass is 32.4. The van der Waals surface area contributed by atoms with Crippen molar-refractivity contribution in [2.75, 3.05) is 6.61 Å². The summed E-state index contributed by atoms with van der Waals surface area (Å²) < 4.78 is 50.9. The molecule has 1 fully saturated rings. The predicted octanol–water partition coefficient (Wildman–Crippen LogP) is -0.108. The van der Waals surface area contributed by atoms with Crippen LogP contribution in [0.1, 0.15) is 47.8 Å². The third-order valence-corrected chi connectivity index (χ3v) is 8.46. The Hall–Kier alpha value is -2.11. The summed E-state index contributed by atoms with van der Waals surface area (Å²) in [5.41, 5.74) is -4.79. The number of ether oxygens (including phenoxy) is 3. The summed E-state index contributed by atoms with van der Waals surface area (Å²) in [5.74, 6) is -1.50. The first-order valence-corrected chi connectivity index (χ1v) is 15.0. The highest BCUT2D eigenvalue weighted by Crippen LogP contribution is 2.46. The summed E-state index contributed by atoms with van der Waals surface area (Å²) >= 11 is 5.53. The number of hydrogen-bond acceptors (Lipinski definition) is 11. The Kier molecular flexibility index (Phi) is 11.7.